The molecule has 1 heterocycles. The Morgan fingerprint density at radius 1 is 1.15 bits per heavy atom. The quantitative estimate of drug-likeness (QED) is 0.325. The predicted octanol–water partition coefficient (Wildman–Crippen LogP) is 3.45. The van der Waals surface area contributed by atoms with Gasteiger partial charge in [-0.1, -0.05) is 51.1 Å². The highest BCUT2D eigenvalue weighted by Gasteiger charge is 2.15. The fourth-order valence-corrected chi connectivity index (χ4v) is 2.97. The predicted molar refractivity (Wildman–Crippen MR) is 123 cm³/mol. The van der Waals surface area contributed by atoms with Crippen molar-refractivity contribution in [2.75, 3.05) is 19.6 Å². The molecule has 0 radical (unpaired) electrons. The van der Waals surface area contributed by atoms with E-state index in [1.54, 1.807) is 6.33 Å². The second kappa shape index (κ2) is 12.7. The molecule has 1 atom stereocenters. The van der Waals surface area contributed by atoms with E-state index in [1.807, 2.05) is 0 Å². The fraction of sp³-hybridized carbons (Fsp3) is 0.550. The van der Waals surface area contributed by atoms with Gasteiger partial charge in [0.1, 0.15) is 12.2 Å². The van der Waals surface area contributed by atoms with Gasteiger partial charge in [0.2, 0.25) is 0 Å². The Balaban J connectivity index is 0.00000364. The molecular formula is C20H33IN6. The van der Waals surface area contributed by atoms with Crippen LogP contribution in [0.15, 0.2) is 41.7 Å². The highest BCUT2D eigenvalue weighted by molar-refractivity contribution is 14.0. The number of aryl methyl sites for hydroxylation is 1. The maximum Gasteiger partial charge on any atom is 0.191 e. The molecule has 0 amide bonds. The molecule has 150 valence electrons. The van der Waals surface area contributed by atoms with Crippen LogP contribution in [0.1, 0.15) is 45.0 Å². The maximum absolute atomic E-state index is 4.83. The molecule has 0 fully saturated rings. The van der Waals surface area contributed by atoms with Crippen molar-refractivity contribution in [3.63, 3.8) is 0 Å². The van der Waals surface area contributed by atoms with Gasteiger partial charge in [0.05, 0.1) is 0 Å². The second-order valence-corrected chi connectivity index (χ2v) is 6.70. The number of nitrogens with zero attached hydrogens (tertiary/aromatic N) is 4. The van der Waals surface area contributed by atoms with Crippen molar-refractivity contribution < 1.29 is 0 Å². The van der Waals surface area contributed by atoms with Crippen LogP contribution in [0, 0.1) is 5.92 Å². The Morgan fingerprint density at radius 2 is 1.89 bits per heavy atom. The van der Waals surface area contributed by atoms with E-state index in [2.05, 4.69) is 83.4 Å². The van der Waals surface area contributed by atoms with Crippen molar-refractivity contribution in [2.24, 2.45) is 10.9 Å². The van der Waals surface area contributed by atoms with E-state index in [0.717, 1.165) is 44.4 Å². The van der Waals surface area contributed by atoms with Crippen LogP contribution in [0.25, 0.3) is 0 Å². The third-order valence-corrected chi connectivity index (χ3v) is 4.48. The van der Waals surface area contributed by atoms with Crippen LogP contribution in [0.5, 0.6) is 0 Å². The first kappa shape index (κ1) is 23.4. The third-order valence-electron chi connectivity index (χ3n) is 4.48. The van der Waals surface area contributed by atoms with Gasteiger partial charge in [-0.15, -0.1) is 34.2 Å². The van der Waals surface area contributed by atoms with Gasteiger partial charge in [-0.05, 0) is 18.4 Å². The molecule has 2 rings (SSSR count). The molecule has 2 N–H and O–H groups in total. The number of nitrogens with one attached hydrogen (secondary N) is 2. The minimum Gasteiger partial charge on any atom is -0.357 e. The summed E-state index contributed by atoms with van der Waals surface area (Å²) in [4.78, 5) is 4.83. The lowest BCUT2D eigenvalue weighted by molar-refractivity contribution is 0.505. The number of benzene rings is 1. The standard InChI is InChI=1S/C20H32N6.HI/c1-5-19-25-24-15-26(19)13-12-22-20(21-6-2)23-14-18(16(3)4)17-10-8-7-9-11-17;/h7-11,15-16,18H,5-6,12-14H2,1-4H3,(H2,21,22,23);1H. The molecule has 7 heteroatoms. The van der Waals surface area contributed by atoms with E-state index in [0.29, 0.717) is 11.8 Å². The summed E-state index contributed by atoms with van der Waals surface area (Å²) in [5.74, 6) is 2.82. The van der Waals surface area contributed by atoms with Crippen LogP contribution in [0.3, 0.4) is 0 Å². The SMILES string of the molecule is CCNC(=NCC(c1ccccc1)C(C)C)NCCn1cnnc1CC.I. The molecule has 0 spiro atoms. The van der Waals surface area contributed by atoms with Crippen molar-refractivity contribution in [1.82, 2.24) is 25.4 Å². The third kappa shape index (κ3) is 7.48. The Kier molecular flexibility index (Phi) is 11.0. The zero-order chi connectivity index (χ0) is 18.8. The van der Waals surface area contributed by atoms with E-state index in [9.17, 15) is 0 Å². The Hall–Kier alpha value is -1.64. The fourth-order valence-electron chi connectivity index (χ4n) is 2.97. The smallest absolute Gasteiger partial charge is 0.191 e. The second-order valence-electron chi connectivity index (χ2n) is 6.70. The number of rotatable bonds is 9. The molecule has 0 aliphatic carbocycles. The number of halogens is 1. The average molecular weight is 484 g/mol. The Labute approximate surface area is 180 Å². The number of aromatic nitrogens is 3. The van der Waals surface area contributed by atoms with Crippen LogP contribution in [-0.4, -0.2) is 40.4 Å². The summed E-state index contributed by atoms with van der Waals surface area (Å²) in [5.41, 5.74) is 1.35. The number of aliphatic imine (C=N–C) groups is 1. The highest BCUT2D eigenvalue weighted by atomic mass is 127. The van der Waals surface area contributed by atoms with Gasteiger partial charge in [0.25, 0.3) is 0 Å². The molecule has 27 heavy (non-hydrogen) atoms. The van der Waals surface area contributed by atoms with Gasteiger partial charge in [0.15, 0.2) is 5.96 Å². The molecule has 0 aliphatic heterocycles. The summed E-state index contributed by atoms with van der Waals surface area (Å²) in [6.45, 7) is 11.9. The molecule has 0 saturated carbocycles. The first-order valence-corrected chi connectivity index (χ1v) is 9.59. The number of hydrogen-bond donors (Lipinski definition) is 2. The van der Waals surface area contributed by atoms with E-state index in [4.69, 9.17) is 4.99 Å². The van der Waals surface area contributed by atoms with Gasteiger partial charge < -0.3 is 15.2 Å². The van der Waals surface area contributed by atoms with Crippen molar-refractivity contribution in [2.45, 2.75) is 46.6 Å². The Morgan fingerprint density at radius 3 is 2.52 bits per heavy atom. The lowest BCUT2D eigenvalue weighted by atomic mass is 9.88. The zero-order valence-electron chi connectivity index (χ0n) is 16.9. The van der Waals surface area contributed by atoms with Crippen molar-refractivity contribution in [3.05, 3.63) is 48.0 Å². The van der Waals surface area contributed by atoms with E-state index >= 15 is 0 Å². The lowest BCUT2D eigenvalue weighted by Crippen LogP contribution is -2.39. The minimum atomic E-state index is 0. The maximum atomic E-state index is 4.83. The molecule has 2 aromatic rings. The van der Waals surface area contributed by atoms with E-state index in [1.165, 1.54) is 5.56 Å². The van der Waals surface area contributed by atoms with Crippen molar-refractivity contribution in [1.29, 1.82) is 0 Å². The summed E-state index contributed by atoms with van der Waals surface area (Å²) in [6.07, 6.45) is 2.68. The van der Waals surface area contributed by atoms with Gasteiger partial charge >= 0.3 is 0 Å². The van der Waals surface area contributed by atoms with Crippen LogP contribution in [0.4, 0.5) is 0 Å². The van der Waals surface area contributed by atoms with Crippen LogP contribution in [0.2, 0.25) is 0 Å². The van der Waals surface area contributed by atoms with Crippen LogP contribution >= 0.6 is 24.0 Å². The largest absolute Gasteiger partial charge is 0.357 e. The lowest BCUT2D eigenvalue weighted by Gasteiger charge is -2.20. The molecule has 6 nitrogen and oxygen atoms in total. The van der Waals surface area contributed by atoms with Gasteiger partial charge in [0, 0.05) is 38.5 Å². The number of hydrogen-bond acceptors (Lipinski definition) is 3. The highest BCUT2D eigenvalue weighted by Crippen LogP contribution is 2.24. The summed E-state index contributed by atoms with van der Waals surface area (Å²) in [7, 11) is 0. The van der Waals surface area contributed by atoms with Crippen LogP contribution < -0.4 is 10.6 Å². The molecule has 1 aromatic heterocycles. The molecule has 1 unspecified atom stereocenters. The zero-order valence-corrected chi connectivity index (χ0v) is 19.2. The summed E-state index contributed by atoms with van der Waals surface area (Å²) in [5, 5.41) is 14.9. The summed E-state index contributed by atoms with van der Waals surface area (Å²) in [6, 6.07) is 10.6. The first-order valence-electron chi connectivity index (χ1n) is 9.59. The van der Waals surface area contributed by atoms with Crippen molar-refractivity contribution >= 4 is 29.9 Å². The van der Waals surface area contributed by atoms with Crippen LogP contribution in [-0.2, 0) is 13.0 Å². The monoisotopic (exact) mass is 484 g/mol. The van der Waals surface area contributed by atoms with E-state index < -0.39 is 0 Å². The van der Waals surface area contributed by atoms with Crippen molar-refractivity contribution in [3.8, 4) is 0 Å². The molecule has 0 aliphatic rings. The van der Waals surface area contributed by atoms with Gasteiger partial charge in [-0.25, -0.2) is 0 Å². The molecule has 1 aromatic carbocycles. The minimum absolute atomic E-state index is 0. The first-order chi connectivity index (χ1) is 12.7. The van der Waals surface area contributed by atoms with E-state index in [-0.39, 0.29) is 24.0 Å². The molecular weight excluding hydrogens is 451 g/mol. The molecule has 0 saturated heterocycles. The Bertz CT molecular complexity index is 668. The van der Waals surface area contributed by atoms with Gasteiger partial charge in [-0.2, -0.15) is 0 Å². The normalized spacial score (nSPS) is 12.6. The summed E-state index contributed by atoms with van der Waals surface area (Å²) < 4.78 is 2.08. The van der Waals surface area contributed by atoms with Gasteiger partial charge in [-0.3, -0.25) is 4.99 Å². The average Bonchev–Trinajstić information content (AvgIpc) is 3.10. The molecule has 0 bridgehead atoms. The summed E-state index contributed by atoms with van der Waals surface area (Å²) >= 11 is 0. The number of guanidine groups is 1. The topological polar surface area (TPSA) is 67.1 Å².